The summed E-state index contributed by atoms with van der Waals surface area (Å²) in [7, 11) is 0. The molecule has 0 bridgehead atoms. The number of hydrogen-bond donors (Lipinski definition) is 2. The van der Waals surface area contributed by atoms with E-state index in [2.05, 4.69) is 40.5 Å². The third-order valence-electron chi connectivity index (χ3n) is 3.75. The molecular weight excluding hydrogens is 288 g/mol. The molecule has 0 aliphatic carbocycles. The molecule has 2 rings (SSSR count). The van der Waals surface area contributed by atoms with E-state index in [1.54, 1.807) is 6.07 Å². The molecule has 0 saturated heterocycles. The second-order valence-electron chi connectivity index (χ2n) is 5.70. The van der Waals surface area contributed by atoms with Crippen molar-refractivity contribution >= 4 is 17.5 Å². The van der Waals surface area contributed by atoms with Crippen molar-refractivity contribution < 1.29 is 4.79 Å². The van der Waals surface area contributed by atoms with E-state index in [0.717, 1.165) is 29.8 Å². The SMILES string of the molecule is CCCCNC(=O)c1cc(C)nc(Nc2cccc(C)c2C)n1. The molecule has 23 heavy (non-hydrogen) atoms. The fourth-order valence-electron chi connectivity index (χ4n) is 2.22. The Morgan fingerprint density at radius 2 is 1.96 bits per heavy atom. The summed E-state index contributed by atoms with van der Waals surface area (Å²) >= 11 is 0. The van der Waals surface area contributed by atoms with Crippen molar-refractivity contribution in [2.45, 2.75) is 40.5 Å². The minimum absolute atomic E-state index is 0.159. The number of benzene rings is 1. The second kappa shape index (κ2) is 7.72. The summed E-state index contributed by atoms with van der Waals surface area (Å²) in [6.45, 7) is 8.72. The van der Waals surface area contributed by atoms with Crippen LogP contribution in [0, 0.1) is 20.8 Å². The van der Waals surface area contributed by atoms with Crippen LogP contribution in [0.15, 0.2) is 24.3 Å². The summed E-state index contributed by atoms with van der Waals surface area (Å²) < 4.78 is 0. The molecule has 0 aliphatic rings. The number of aryl methyl sites for hydroxylation is 2. The highest BCUT2D eigenvalue weighted by atomic mass is 16.1. The molecule has 0 fully saturated rings. The molecule has 0 spiro atoms. The van der Waals surface area contributed by atoms with Crippen LogP contribution in [0.25, 0.3) is 0 Å². The predicted octanol–water partition coefficient (Wildman–Crippen LogP) is 3.68. The summed E-state index contributed by atoms with van der Waals surface area (Å²) in [5.41, 5.74) is 4.44. The van der Waals surface area contributed by atoms with Crippen LogP contribution >= 0.6 is 0 Å². The molecule has 0 atom stereocenters. The van der Waals surface area contributed by atoms with Crippen LogP contribution in [-0.2, 0) is 0 Å². The lowest BCUT2D eigenvalue weighted by atomic mass is 10.1. The van der Waals surface area contributed by atoms with Crippen LogP contribution in [0.4, 0.5) is 11.6 Å². The van der Waals surface area contributed by atoms with Gasteiger partial charge in [0.05, 0.1) is 0 Å². The molecule has 0 radical (unpaired) electrons. The van der Waals surface area contributed by atoms with Crippen molar-refractivity contribution in [3.63, 3.8) is 0 Å². The smallest absolute Gasteiger partial charge is 0.270 e. The lowest BCUT2D eigenvalue weighted by Gasteiger charge is -2.12. The fraction of sp³-hybridized carbons (Fsp3) is 0.389. The van der Waals surface area contributed by atoms with Gasteiger partial charge < -0.3 is 10.6 Å². The molecule has 1 aromatic carbocycles. The van der Waals surface area contributed by atoms with E-state index < -0.39 is 0 Å². The first kappa shape index (κ1) is 16.9. The van der Waals surface area contributed by atoms with E-state index >= 15 is 0 Å². The van der Waals surface area contributed by atoms with Crippen LogP contribution in [-0.4, -0.2) is 22.4 Å². The zero-order chi connectivity index (χ0) is 16.8. The quantitative estimate of drug-likeness (QED) is 0.799. The van der Waals surface area contributed by atoms with Gasteiger partial charge in [-0.05, 0) is 50.5 Å². The second-order valence-corrected chi connectivity index (χ2v) is 5.70. The molecule has 0 saturated carbocycles. The number of aromatic nitrogens is 2. The Balaban J connectivity index is 2.20. The van der Waals surface area contributed by atoms with Gasteiger partial charge in [-0.1, -0.05) is 25.5 Å². The number of carbonyl (C=O) groups excluding carboxylic acids is 1. The summed E-state index contributed by atoms with van der Waals surface area (Å²) in [6, 6.07) is 7.73. The molecule has 122 valence electrons. The largest absolute Gasteiger partial charge is 0.351 e. The number of anilines is 2. The van der Waals surface area contributed by atoms with Crippen molar-refractivity contribution in [3.8, 4) is 0 Å². The Hall–Kier alpha value is -2.43. The van der Waals surface area contributed by atoms with Gasteiger partial charge in [-0.2, -0.15) is 0 Å². The van der Waals surface area contributed by atoms with Crippen molar-refractivity contribution in [3.05, 3.63) is 46.8 Å². The molecule has 5 heteroatoms. The summed E-state index contributed by atoms with van der Waals surface area (Å²) in [5.74, 6) is 0.285. The molecule has 1 amide bonds. The average Bonchev–Trinajstić information content (AvgIpc) is 2.51. The number of nitrogens with zero attached hydrogens (tertiary/aromatic N) is 2. The maximum atomic E-state index is 12.2. The summed E-state index contributed by atoms with van der Waals surface area (Å²) in [5, 5.41) is 6.10. The van der Waals surface area contributed by atoms with E-state index in [0.29, 0.717) is 18.2 Å². The van der Waals surface area contributed by atoms with E-state index in [1.807, 2.05) is 26.0 Å². The van der Waals surface area contributed by atoms with Gasteiger partial charge in [0.1, 0.15) is 5.69 Å². The van der Waals surface area contributed by atoms with Gasteiger partial charge >= 0.3 is 0 Å². The maximum Gasteiger partial charge on any atom is 0.270 e. The highest BCUT2D eigenvalue weighted by Gasteiger charge is 2.11. The van der Waals surface area contributed by atoms with Crippen LogP contribution in [0.1, 0.15) is 47.1 Å². The highest BCUT2D eigenvalue weighted by molar-refractivity contribution is 5.92. The van der Waals surface area contributed by atoms with Crippen molar-refractivity contribution in [1.82, 2.24) is 15.3 Å². The third kappa shape index (κ3) is 4.52. The Kier molecular flexibility index (Phi) is 5.68. The van der Waals surface area contributed by atoms with Crippen LogP contribution in [0.2, 0.25) is 0 Å². The number of amides is 1. The number of nitrogens with one attached hydrogen (secondary N) is 2. The first-order chi connectivity index (χ1) is 11.0. The van der Waals surface area contributed by atoms with E-state index in [9.17, 15) is 4.79 Å². The topological polar surface area (TPSA) is 66.9 Å². The van der Waals surface area contributed by atoms with Crippen LogP contribution in [0.3, 0.4) is 0 Å². The molecule has 1 aromatic heterocycles. The van der Waals surface area contributed by atoms with Gasteiger partial charge in [0.25, 0.3) is 5.91 Å². The third-order valence-corrected chi connectivity index (χ3v) is 3.75. The van der Waals surface area contributed by atoms with Gasteiger partial charge in [-0.3, -0.25) is 4.79 Å². The fourth-order valence-corrected chi connectivity index (χ4v) is 2.22. The number of rotatable bonds is 6. The highest BCUT2D eigenvalue weighted by Crippen LogP contribution is 2.21. The van der Waals surface area contributed by atoms with Crippen molar-refractivity contribution in [1.29, 1.82) is 0 Å². The summed E-state index contributed by atoms with van der Waals surface area (Å²) in [4.78, 5) is 20.9. The van der Waals surface area contributed by atoms with Gasteiger partial charge in [0.15, 0.2) is 0 Å². The van der Waals surface area contributed by atoms with E-state index in [-0.39, 0.29) is 5.91 Å². The predicted molar refractivity (Wildman–Crippen MR) is 93.2 cm³/mol. The Bertz CT molecular complexity index is 697. The lowest BCUT2D eigenvalue weighted by Crippen LogP contribution is -2.25. The Morgan fingerprint density at radius 3 is 2.70 bits per heavy atom. The van der Waals surface area contributed by atoms with Crippen LogP contribution in [0.5, 0.6) is 0 Å². The molecule has 2 N–H and O–H groups in total. The molecule has 0 unspecified atom stereocenters. The molecule has 0 aliphatic heterocycles. The van der Waals surface area contributed by atoms with Gasteiger partial charge in [-0.15, -0.1) is 0 Å². The van der Waals surface area contributed by atoms with E-state index in [4.69, 9.17) is 0 Å². The number of carbonyl (C=O) groups is 1. The lowest BCUT2D eigenvalue weighted by molar-refractivity contribution is 0.0948. The average molecular weight is 312 g/mol. The maximum absolute atomic E-state index is 12.2. The van der Waals surface area contributed by atoms with Crippen molar-refractivity contribution in [2.75, 3.05) is 11.9 Å². The van der Waals surface area contributed by atoms with Gasteiger partial charge in [0, 0.05) is 17.9 Å². The molecule has 1 heterocycles. The number of unbranched alkanes of at least 4 members (excludes halogenated alkanes) is 1. The molecular formula is C18H24N4O. The minimum atomic E-state index is -0.159. The normalized spacial score (nSPS) is 10.4. The minimum Gasteiger partial charge on any atom is -0.351 e. The Labute approximate surface area is 137 Å². The van der Waals surface area contributed by atoms with E-state index in [1.165, 1.54) is 5.56 Å². The van der Waals surface area contributed by atoms with Gasteiger partial charge in [-0.25, -0.2) is 9.97 Å². The summed E-state index contributed by atoms with van der Waals surface area (Å²) in [6.07, 6.45) is 2.01. The molecule has 2 aromatic rings. The standard InChI is InChI=1S/C18H24N4O/c1-5-6-10-19-17(23)16-11-13(3)20-18(22-16)21-15-9-7-8-12(2)14(15)4/h7-9,11H,5-6,10H2,1-4H3,(H,19,23)(H,20,21,22). The molecule has 5 nitrogen and oxygen atoms in total. The zero-order valence-electron chi connectivity index (χ0n) is 14.2. The zero-order valence-corrected chi connectivity index (χ0v) is 14.2. The number of hydrogen-bond acceptors (Lipinski definition) is 4. The monoisotopic (exact) mass is 312 g/mol. The first-order valence-corrected chi connectivity index (χ1v) is 7.98. The van der Waals surface area contributed by atoms with Gasteiger partial charge in [0.2, 0.25) is 5.95 Å². The van der Waals surface area contributed by atoms with Crippen molar-refractivity contribution in [2.24, 2.45) is 0 Å². The first-order valence-electron chi connectivity index (χ1n) is 7.98. The Morgan fingerprint density at radius 1 is 1.17 bits per heavy atom. The van der Waals surface area contributed by atoms with Crippen LogP contribution < -0.4 is 10.6 Å².